The Balaban J connectivity index is 2.49. The average Bonchev–Trinajstić information content (AvgIpc) is 2.46. The van der Waals surface area contributed by atoms with E-state index >= 15 is 0 Å². The van der Waals surface area contributed by atoms with Crippen molar-refractivity contribution in [3.63, 3.8) is 0 Å². The van der Waals surface area contributed by atoms with Crippen molar-refractivity contribution in [3.05, 3.63) is 0 Å². The summed E-state index contributed by atoms with van der Waals surface area (Å²) < 4.78 is 0. The maximum atomic E-state index is 12.1. The van der Waals surface area contributed by atoms with Crippen molar-refractivity contribution in [1.29, 1.82) is 0 Å². The molecule has 0 radical (unpaired) electrons. The predicted octanol–water partition coefficient (Wildman–Crippen LogP) is 2.09. The Morgan fingerprint density at radius 2 is 1.60 bits per heavy atom. The van der Waals surface area contributed by atoms with E-state index in [0.29, 0.717) is 5.41 Å². The number of rotatable bonds is 6. The highest BCUT2D eigenvalue weighted by Crippen LogP contribution is 2.40. The minimum atomic E-state index is -1.07. The van der Waals surface area contributed by atoms with Crippen LogP contribution in [0.1, 0.15) is 59.8 Å². The summed E-state index contributed by atoms with van der Waals surface area (Å²) in [4.78, 5) is 12.1. The quantitative estimate of drug-likeness (QED) is 0.700. The molecule has 0 spiro atoms. The average molecular weight is 285 g/mol. The molecule has 4 nitrogen and oxygen atoms in total. The first kappa shape index (κ1) is 17.4. The minimum Gasteiger partial charge on any atom is -0.395 e. The predicted molar refractivity (Wildman–Crippen MR) is 80.2 cm³/mol. The monoisotopic (exact) mass is 285 g/mol. The molecule has 0 aliphatic heterocycles. The fraction of sp³-hybridized carbons (Fsp3) is 0.938. The van der Waals surface area contributed by atoms with Crippen LogP contribution in [-0.2, 0) is 4.79 Å². The number of hydrogen-bond donors (Lipinski definition) is 3. The van der Waals surface area contributed by atoms with Crippen LogP contribution in [0.4, 0.5) is 0 Å². The lowest BCUT2D eigenvalue weighted by Gasteiger charge is -2.39. The molecule has 1 amide bonds. The highest BCUT2D eigenvalue weighted by atomic mass is 16.3. The van der Waals surface area contributed by atoms with Crippen LogP contribution in [0.15, 0.2) is 0 Å². The Bertz CT molecular complexity index is 316. The van der Waals surface area contributed by atoms with Gasteiger partial charge in [0.2, 0.25) is 5.91 Å². The molecule has 118 valence electrons. The lowest BCUT2D eigenvalue weighted by atomic mass is 9.69. The molecule has 1 aliphatic carbocycles. The maximum Gasteiger partial charge on any atom is 0.230 e. The van der Waals surface area contributed by atoms with Gasteiger partial charge in [0, 0.05) is 6.04 Å². The second-order valence-electron chi connectivity index (χ2n) is 7.24. The van der Waals surface area contributed by atoms with Crippen LogP contribution in [0.5, 0.6) is 0 Å². The Hall–Kier alpha value is -0.610. The van der Waals surface area contributed by atoms with Crippen molar-refractivity contribution in [3.8, 4) is 0 Å². The lowest BCUT2D eigenvalue weighted by Crippen LogP contribution is -2.49. The largest absolute Gasteiger partial charge is 0.395 e. The molecule has 3 N–H and O–H groups in total. The third-order valence-corrected chi connectivity index (χ3v) is 5.32. The first-order valence-electron chi connectivity index (χ1n) is 7.81. The molecule has 0 heterocycles. The van der Waals surface area contributed by atoms with Gasteiger partial charge in [-0.3, -0.25) is 4.79 Å². The second-order valence-corrected chi connectivity index (χ2v) is 7.24. The molecular formula is C16H31NO3. The fourth-order valence-corrected chi connectivity index (χ4v) is 2.86. The van der Waals surface area contributed by atoms with E-state index in [1.54, 1.807) is 6.92 Å². The molecule has 0 aromatic heterocycles. The van der Waals surface area contributed by atoms with Gasteiger partial charge < -0.3 is 15.5 Å². The Kier molecular flexibility index (Phi) is 6.02. The van der Waals surface area contributed by atoms with E-state index in [4.69, 9.17) is 0 Å². The van der Waals surface area contributed by atoms with Crippen LogP contribution < -0.4 is 5.32 Å². The van der Waals surface area contributed by atoms with Crippen LogP contribution in [0, 0.1) is 16.7 Å². The number of carbonyl (C=O) groups is 1. The van der Waals surface area contributed by atoms with Gasteiger partial charge in [-0.05, 0) is 43.9 Å². The Labute approximate surface area is 123 Å². The van der Waals surface area contributed by atoms with Gasteiger partial charge >= 0.3 is 0 Å². The van der Waals surface area contributed by atoms with Gasteiger partial charge in [0.15, 0.2) is 0 Å². The zero-order valence-corrected chi connectivity index (χ0v) is 13.4. The summed E-state index contributed by atoms with van der Waals surface area (Å²) in [6.07, 6.45) is 5.45. The smallest absolute Gasteiger partial charge is 0.230 e. The van der Waals surface area contributed by atoms with E-state index in [0.717, 1.165) is 31.6 Å². The van der Waals surface area contributed by atoms with Crippen molar-refractivity contribution in [1.82, 2.24) is 5.32 Å². The molecule has 0 aromatic rings. The summed E-state index contributed by atoms with van der Waals surface area (Å²) >= 11 is 0. The van der Waals surface area contributed by atoms with Gasteiger partial charge in [-0.2, -0.15) is 0 Å². The number of nitrogens with one attached hydrogen (secondary N) is 1. The summed E-state index contributed by atoms with van der Waals surface area (Å²) in [6, 6.07) is 0.184. The van der Waals surface area contributed by atoms with E-state index in [1.807, 2.05) is 0 Å². The number of carbonyl (C=O) groups excluding carboxylic acids is 1. The summed E-state index contributed by atoms with van der Waals surface area (Å²) in [7, 11) is 0. The first-order valence-corrected chi connectivity index (χ1v) is 7.81. The van der Waals surface area contributed by atoms with Crippen molar-refractivity contribution < 1.29 is 15.0 Å². The molecule has 1 saturated carbocycles. The fourth-order valence-electron chi connectivity index (χ4n) is 2.86. The standard InChI is InChI=1S/C16H31NO3/c1-5-15(2,3)12-6-8-13(9-7-12)17-14(20)16(4,10-18)11-19/h12-13,18-19H,5-11H2,1-4H3,(H,17,20). The molecule has 1 rings (SSSR count). The zero-order chi connectivity index (χ0) is 15.4. The van der Waals surface area contributed by atoms with Gasteiger partial charge in [0.1, 0.15) is 0 Å². The molecule has 1 fully saturated rings. The molecule has 1 aliphatic rings. The topological polar surface area (TPSA) is 69.6 Å². The van der Waals surface area contributed by atoms with Crippen molar-refractivity contribution in [2.75, 3.05) is 13.2 Å². The van der Waals surface area contributed by atoms with Crippen LogP contribution in [0.2, 0.25) is 0 Å². The molecule has 20 heavy (non-hydrogen) atoms. The molecule has 0 bridgehead atoms. The normalized spacial score (nSPS) is 24.5. The van der Waals surface area contributed by atoms with Crippen LogP contribution in [-0.4, -0.2) is 35.4 Å². The Morgan fingerprint density at radius 1 is 1.10 bits per heavy atom. The highest BCUT2D eigenvalue weighted by Gasteiger charge is 2.36. The lowest BCUT2D eigenvalue weighted by molar-refractivity contribution is -0.136. The maximum absolute atomic E-state index is 12.1. The van der Waals surface area contributed by atoms with E-state index < -0.39 is 5.41 Å². The number of hydrogen-bond acceptors (Lipinski definition) is 3. The molecule has 0 atom stereocenters. The van der Waals surface area contributed by atoms with Gasteiger partial charge in [0.25, 0.3) is 0 Å². The summed E-state index contributed by atoms with van der Waals surface area (Å²) in [5, 5.41) is 21.5. The van der Waals surface area contributed by atoms with E-state index in [-0.39, 0.29) is 25.2 Å². The summed E-state index contributed by atoms with van der Waals surface area (Å²) in [5.41, 5.74) is -0.695. The van der Waals surface area contributed by atoms with Crippen LogP contribution in [0.3, 0.4) is 0 Å². The zero-order valence-electron chi connectivity index (χ0n) is 13.4. The minimum absolute atomic E-state index is 0.184. The molecule has 0 aromatic carbocycles. The van der Waals surface area contributed by atoms with Gasteiger partial charge in [-0.1, -0.05) is 27.2 Å². The molecule has 0 saturated heterocycles. The third-order valence-electron chi connectivity index (χ3n) is 5.32. The molecular weight excluding hydrogens is 254 g/mol. The third kappa shape index (κ3) is 3.95. The van der Waals surface area contributed by atoms with Gasteiger partial charge in [-0.25, -0.2) is 0 Å². The van der Waals surface area contributed by atoms with Crippen molar-refractivity contribution in [2.24, 2.45) is 16.7 Å². The Morgan fingerprint density at radius 3 is 2.00 bits per heavy atom. The van der Waals surface area contributed by atoms with Crippen molar-refractivity contribution in [2.45, 2.75) is 65.8 Å². The second kappa shape index (κ2) is 6.90. The SMILES string of the molecule is CCC(C)(C)C1CCC(NC(=O)C(C)(CO)CO)CC1. The first-order chi connectivity index (χ1) is 9.29. The highest BCUT2D eigenvalue weighted by molar-refractivity contribution is 5.82. The van der Waals surface area contributed by atoms with E-state index in [9.17, 15) is 15.0 Å². The van der Waals surface area contributed by atoms with Gasteiger partial charge in [0.05, 0.1) is 18.6 Å². The van der Waals surface area contributed by atoms with E-state index in [1.165, 1.54) is 6.42 Å². The van der Waals surface area contributed by atoms with Crippen molar-refractivity contribution >= 4 is 5.91 Å². The molecule has 4 heteroatoms. The number of amides is 1. The number of aliphatic hydroxyl groups is 2. The molecule has 0 unspecified atom stereocenters. The summed E-state index contributed by atoms with van der Waals surface area (Å²) in [5.74, 6) is 0.489. The summed E-state index contributed by atoms with van der Waals surface area (Å²) in [6.45, 7) is 7.83. The van der Waals surface area contributed by atoms with Crippen LogP contribution >= 0.6 is 0 Å². The number of aliphatic hydroxyl groups excluding tert-OH is 2. The van der Waals surface area contributed by atoms with E-state index in [2.05, 4.69) is 26.1 Å². The van der Waals surface area contributed by atoms with Gasteiger partial charge in [-0.15, -0.1) is 0 Å². The van der Waals surface area contributed by atoms with Crippen LogP contribution in [0.25, 0.3) is 0 Å².